The zero-order valence-electron chi connectivity index (χ0n) is 11.6. The Balaban J connectivity index is 1.84. The minimum atomic E-state index is -0.631. The molecule has 2 aromatic rings. The highest BCUT2D eigenvalue weighted by Gasteiger charge is 2.08. The molecule has 0 bridgehead atoms. The number of anilines is 1. The van der Waals surface area contributed by atoms with E-state index in [1.54, 1.807) is 12.1 Å². The fourth-order valence-electron chi connectivity index (χ4n) is 1.82. The number of nitrogens with one attached hydrogen (secondary N) is 1. The Morgan fingerprint density at radius 1 is 1.24 bits per heavy atom. The zero-order valence-corrected chi connectivity index (χ0v) is 14.0. The van der Waals surface area contributed by atoms with Gasteiger partial charge in [-0.3, -0.25) is 0 Å². The van der Waals surface area contributed by atoms with Gasteiger partial charge in [-0.25, -0.2) is 0 Å². The highest BCUT2D eigenvalue weighted by molar-refractivity contribution is 9.10. The summed E-state index contributed by atoms with van der Waals surface area (Å²) in [4.78, 5) is 0. The number of aryl methyl sites for hydroxylation is 1. The third kappa shape index (κ3) is 4.63. The molecule has 21 heavy (non-hydrogen) atoms. The first-order chi connectivity index (χ1) is 10.1. The Hall–Kier alpha value is -1.23. The predicted molar refractivity (Wildman–Crippen MR) is 90.3 cm³/mol. The zero-order chi connectivity index (χ0) is 15.2. The standard InChI is InChI=1S/C16H17BrClNO2/c1-11-5-4-7-14(16(11)17)19-9-12(20)10-21-15-8-3-2-6-13(15)18/h2-8,12,19-20H,9-10H2,1H3. The summed E-state index contributed by atoms with van der Waals surface area (Å²) in [7, 11) is 0. The van der Waals surface area contributed by atoms with E-state index in [2.05, 4.69) is 21.2 Å². The van der Waals surface area contributed by atoms with Gasteiger partial charge in [0.25, 0.3) is 0 Å². The van der Waals surface area contributed by atoms with E-state index in [9.17, 15) is 5.11 Å². The third-order valence-electron chi connectivity index (χ3n) is 2.99. The molecule has 0 amide bonds. The van der Waals surface area contributed by atoms with Gasteiger partial charge in [0, 0.05) is 16.7 Å². The minimum absolute atomic E-state index is 0.181. The van der Waals surface area contributed by atoms with E-state index in [4.69, 9.17) is 16.3 Å². The molecule has 0 spiro atoms. The molecule has 1 atom stereocenters. The van der Waals surface area contributed by atoms with Crippen molar-refractivity contribution in [2.24, 2.45) is 0 Å². The number of aliphatic hydroxyl groups is 1. The Bertz CT molecular complexity index is 607. The van der Waals surface area contributed by atoms with Gasteiger partial charge in [0.15, 0.2) is 0 Å². The Labute approximate surface area is 138 Å². The highest BCUT2D eigenvalue weighted by Crippen LogP contribution is 2.26. The molecule has 0 fully saturated rings. The van der Waals surface area contributed by atoms with Crippen molar-refractivity contribution >= 4 is 33.2 Å². The van der Waals surface area contributed by atoms with Gasteiger partial charge in [0.05, 0.1) is 5.02 Å². The van der Waals surface area contributed by atoms with Crippen LogP contribution in [0.3, 0.4) is 0 Å². The van der Waals surface area contributed by atoms with Gasteiger partial charge in [-0.2, -0.15) is 0 Å². The first kappa shape index (κ1) is 16.1. The summed E-state index contributed by atoms with van der Waals surface area (Å²) < 4.78 is 6.51. The number of benzene rings is 2. The van der Waals surface area contributed by atoms with Crippen molar-refractivity contribution in [3.8, 4) is 5.75 Å². The molecule has 0 aliphatic heterocycles. The maximum absolute atomic E-state index is 9.98. The lowest BCUT2D eigenvalue weighted by atomic mass is 10.2. The lowest BCUT2D eigenvalue weighted by Crippen LogP contribution is -2.26. The van der Waals surface area contributed by atoms with E-state index in [-0.39, 0.29) is 6.61 Å². The van der Waals surface area contributed by atoms with Crippen LogP contribution in [0.4, 0.5) is 5.69 Å². The van der Waals surface area contributed by atoms with Crippen molar-refractivity contribution < 1.29 is 9.84 Å². The van der Waals surface area contributed by atoms with Gasteiger partial charge >= 0.3 is 0 Å². The fraction of sp³-hybridized carbons (Fsp3) is 0.250. The van der Waals surface area contributed by atoms with Gasteiger partial charge in [-0.1, -0.05) is 35.9 Å². The molecular weight excluding hydrogens is 354 g/mol. The number of rotatable bonds is 6. The third-order valence-corrected chi connectivity index (χ3v) is 4.35. The molecule has 3 nitrogen and oxygen atoms in total. The van der Waals surface area contributed by atoms with Crippen LogP contribution in [0.1, 0.15) is 5.56 Å². The number of halogens is 2. The molecule has 0 saturated carbocycles. The summed E-state index contributed by atoms with van der Waals surface area (Å²) in [6.07, 6.45) is -0.631. The maximum atomic E-state index is 9.98. The lowest BCUT2D eigenvalue weighted by molar-refractivity contribution is 0.117. The van der Waals surface area contributed by atoms with E-state index >= 15 is 0 Å². The topological polar surface area (TPSA) is 41.5 Å². The smallest absolute Gasteiger partial charge is 0.138 e. The predicted octanol–water partition coefficient (Wildman–Crippen LogP) is 4.26. The molecule has 2 N–H and O–H groups in total. The molecule has 0 saturated heterocycles. The second-order valence-electron chi connectivity index (χ2n) is 4.71. The van der Waals surface area contributed by atoms with Crippen LogP contribution in [0.5, 0.6) is 5.75 Å². The summed E-state index contributed by atoms with van der Waals surface area (Å²) in [5, 5.41) is 13.7. The van der Waals surface area contributed by atoms with Crippen LogP contribution in [0.15, 0.2) is 46.9 Å². The van der Waals surface area contributed by atoms with Crippen LogP contribution in [-0.2, 0) is 0 Å². The van der Waals surface area contributed by atoms with Crippen LogP contribution < -0.4 is 10.1 Å². The van der Waals surface area contributed by atoms with Crippen molar-refractivity contribution in [2.75, 3.05) is 18.5 Å². The maximum Gasteiger partial charge on any atom is 0.138 e. The summed E-state index contributed by atoms with van der Waals surface area (Å²) >= 11 is 9.51. The minimum Gasteiger partial charge on any atom is -0.489 e. The quantitative estimate of drug-likeness (QED) is 0.798. The number of hydrogen-bond acceptors (Lipinski definition) is 3. The largest absolute Gasteiger partial charge is 0.489 e. The van der Waals surface area contributed by atoms with Gasteiger partial charge < -0.3 is 15.2 Å². The van der Waals surface area contributed by atoms with Crippen molar-refractivity contribution in [1.29, 1.82) is 0 Å². The van der Waals surface area contributed by atoms with Gasteiger partial charge in [-0.05, 0) is 46.6 Å². The molecule has 1 unspecified atom stereocenters. The average Bonchev–Trinajstić information content (AvgIpc) is 2.48. The molecule has 2 rings (SSSR count). The van der Waals surface area contributed by atoms with Gasteiger partial charge in [-0.15, -0.1) is 0 Å². The monoisotopic (exact) mass is 369 g/mol. The highest BCUT2D eigenvalue weighted by atomic mass is 79.9. The molecule has 0 aliphatic carbocycles. The first-order valence-electron chi connectivity index (χ1n) is 6.62. The second-order valence-corrected chi connectivity index (χ2v) is 5.91. The van der Waals surface area contributed by atoms with Crippen LogP contribution in [0.2, 0.25) is 5.02 Å². The van der Waals surface area contributed by atoms with Crippen molar-refractivity contribution in [1.82, 2.24) is 0 Å². The van der Waals surface area contributed by atoms with Crippen LogP contribution >= 0.6 is 27.5 Å². The summed E-state index contributed by atoms with van der Waals surface area (Å²) in [6.45, 7) is 2.60. The molecular formula is C16H17BrClNO2. The van der Waals surface area contributed by atoms with Gasteiger partial charge in [0.1, 0.15) is 18.5 Å². The van der Waals surface area contributed by atoms with Crippen molar-refractivity contribution in [2.45, 2.75) is 13.0 Å². The molecule has 0 radical (unpaired) electrons. The molecule has 0 aromatic heterocycles. The van der Waals surface area contributed by atoms with E-state index in [0.717, 1.165) is 15.7 Å². The summed E-state index contributed by atoms with van der Waals surface area (Å²) in [6, 6.07) is 13.2. The van der Waals surface area contributed by atoms with Gasteiger partial charge in [0.2, 0.25) is 0 Å². The molecule has 112 valence electrons. The van der Waals surface area contributed by atoms with Crippen molar-refractivity contribution in [3.63, 3.8) is 0 Å². The number of aliphatic hydroxyl groups excluding tert-OH is 1. The van der Waals surface area contributed by atoms with E-state index in [1.807, 2.05) is 37.3 Å². The van der Waals surface area contributed by atoms with Crippen LogP contribution in [0.25, 0.3) is 0 Å². The fourth-order valence-corrected chi connectivity index (χ4v) is 2.41. The summed E-state index contributed by atoms with van der Waals surface area (Å²) in [5.41, 5.74) is 2.09. The second kappa shape index (κ2) is 7.69. The SMILES string of the molecule is Cc1cccc(NCC(O)COc2ccccc2Cl)c1Br. The van der Waals surface area contributed by atoms with Crippen LogP contribution in [-0.4, -0.2) is 24.4 Å². The molecule has 0 aliphatic rings. The number of ether oxygens (including phenoxy) is 1. The van der Waals surface area contributed by atoms with E-state index in [1.165, 1.54) is 0 Å². The Kier molecular flexibility index (Phi) is 5.91. The molecule has 2 aromatic carbocycles. The van der Waals surface area contributed by atoms with Crippen LogP contribution in [0, 0.1) is 6.92 Å². The first-order valence-corrected chi connectivity index (χ1v) is 7.79. The average molecular weight is 371 g/mol. The van der Waals surface area contributed by atoms with E-state index in [0.29, 0.717) is 17.3 Å². The molecule has 5 heteroatoms. The van der Waals surface area contributed by atoms with Crippen molar-refractivity contribution in [3.05, 3.63) is 57.5 Å². The van der Waals surface area contributed by atoms with E-state index < -0.39 is 6.10 Å². The molecule has 0 heterocycles. The Morgan fingerprint density at radius 2 is 2.00 bits per heavy atom. The summed E-state index contributed by atoms with van der Waals surface area (Å²) in [5.74, 6) is 0.579. The normalized spacial score (nSPS) is 12.0. The number of hydrogen-bond donors (Lipinski definition) is 2. The lowest BCUT2D eigenvalue weighted by Gasteiger charge is -2.16. The number of para-hydroxylation sites is 1. The Morgan fingerprint density at radius 3 is 2.76 bits per heavy atom.